The van der Waals surface area contributed by atoms with Crippen LogP contribution < -0.4 is 19.3 Å². The van der Waals surface area contributed by atoms with E-state index < -0.39 is 0 Å². The van der Waals surface area contributed by atoms with Gasteiger partial charge in [0.2, 0.25) is 0 Å². The normalized spacial score (nSPS) is 12.8. The van der Waals surface area contributed by atoms with Gasteiger partial charge in [-0.1, -0.05) is 72.8 Å². The molecule has 2 aliphatic rings. The van der Waals surface area contributed by atoms with Crippen LogP contribution in [0.15, 0.2) is 182 Å². The topological polar surface area (TPSA) is 34.8 Å². The van der Waals surface area contributed by atoms with Crippen molar-refractivity contribution in [3.63, 3.8) is 0 Å². The van der Waals surface area contributed by atoms with Crippen LogP contribution >= 0.6 is 0 Å². The van der Waals surface area contributed by atoms with Gasteiger partial charge in [0.05, 0.1) is 45.2 Å². The molecule has 0 aliphatic carbocycles. The van der Waals surface area contributed by atoms with Gasteiger partial charge in [0.25, 0.3) is 0 Å². The fourth-order valence-corrected chi connectivity index (χ4v) is 7.76. The molecule has 0 fully saturated rings. The molecule has 2 aromatic heterocycles. The molecule has 0 radical (unpaired) electrons. The van der Waals surface area contributed by atoms with Crippen LogP contribution in [0, 0.1) is 0 Å². The molecule has 7 aromatic carbocycles. The summed E-state index contributed by atoms with van der Waals surface area (Å²) in [4.78, 5) is 4.68. The number of anilines is 6. The molecule has 6 nitrogen and oxygen atoms in total. The van der Waals surface area contributed by atoms with Crippen molar-refractivity contribution in [1.29, 1.82) is 0 Å². The van der Waals surface area contributed by atoms with E-state index >= 15 is 0 Å². The molecular weight excluding hydrogens is 641 g/mol. The van der Waals surface area contributed by atoms with E-state index in [-0.39, 0.29) is 0 Å². The summed E-state index contributed by atoms with van der Waals surface area (Å²) in [5, 5.41) is 2.22. The number of hydrogen-bond donors (Lipinski definition) is 0. The first-order valence-corrected chi connectivity index (χ1v) is 17.4. The largest absolute Gasteiger partial charge is 0.453 e. The van der Waals surface area contributed by atoms with Gasteiger partial charge in [-0.15, -0.1) is 0 Å². The Morgan fingerprint density at radius 2 is 0.692 bits per heavy atom. The van der Waals surface area contributed by atoms with Gasteiger partial charge in [0, 0.05) is 34.5 Å². The maximum absolute atomic E-state index is 6.66. The van der Waals surface area contributed by atoms with E-state index in [1.807, 2.05) is 36.4 Å². The number of para-hydroxylation sites is 8. The van der Waals surface area contributed by atoms with Crippen molar-refractivity contribution in [3.05, 3.63) is 182 Å². The molecule has 0 atom stereocenters. The Morgan fingerprint density at radius 3 is 1.13 bits per heavy atom. The van der Waals surface area contributed by atoms with Gasteiger partial charge in [-0.2, -0.15) is 0 Å². The van der Waals surface area contributed by atoms with Gasteiger partial charge < -0.3 is 28.4 Å². The summed E-state index contributed by atoms with van der Waals surface area (Å²) in [5.41, 5.74) is 10.3. The molecular formula is C46H30N4O2. The van der Waals surface area contributed by atoms with Gasteiger partial charge in [0.15, 0.2) is 23.0 Å². The molecule has 9 aromatic rings. The van der Waals surface area contributed by atoms with E-state index in [1.165, 1.54) is 0 Å². The quantitative estimate of drug-likeness (QED) is 0.187. The third kappa shape index (κ3) is 4.31. The Morgan fingerprint density at radius 1 is 0.308 bits per heavy atom. The summed E-state index contributed by atoms with van der Waals surface area (Å²) < 4.78 is 17.8. The minimum atomic E-state index is 0.803. The Hall–Kier alpha value is -7.18. The maximum Gasteiger partial charge on any atom is 0.152 e. The van der Waals surface area contributed by atoms with Gasteiger partial charge in [-0.05, 0) is 97.1 Å². The molecule has 0 amide bonds. The van der Waals surface area contributed by atoms with Crippen LogP contribution in [-0.4, -0.2) is 9.13 Å². The number of fused-ring (bicyclic) bond motifs is 6. The fraction of sp³-hybridized carbons (Fsp3) is 0. The lowest BCUT2D eigenvalue weighted by Gasteiger charge is -2.38. The lowest BCUT2D eigenvalue weighted by molar-refractivity contribution is 0.476. The summed E-state index contributed by atoms with van der Waals surface area (Å²) in [6.07, 6.45) is 4.26. The lowest BCUT2D eigenvalue weighted by atomic mass is 10.1. The smallest absolute Gasteiger partial charge is 0.152 e. The first-order chi connectivity index (χ1) is 25.8. The second kappa shape index (κ2) is 11.2. The zero-order valence-electron chi connectivity index (χ0n) is 27.9. The van der Waals surface area contributed by atoms with E-state index in [2.05, 4.69) is 165 Å². The highest BCUT2D eigenvalue weighted by Crippen LogP contribution is 2.58. The molecule has 0 N–H and O–H groups in total. The summed E-state index contributed by atoms with van der Waals surface area (Å²) in [6.45, 7) is 0. The molecule has 11 rings (SSSR count). The highest BCUT2D eigenvalue weighted by atomic mass is 16.5. The van der Waals surface area contributed by atoms with Crippen molar-refractivity contribution in [1.82, 2.24) is 9.13 Å². The molecule has 0 saturated heterocycles. The molecule has 0 spiro atoms. The standard InChI is InChI=1S/C46H30N4O2/c1-3-13-33(14-4-1)47-25-23-31-27-45-41(29-39(31)47)49(37-19-9-11-21-43(37)51-45)35-17-7-8-18-36(35)50-38-20-10-12-22-44(38)52-46-28-32-24-26-48(40(32)30-42(46)50)34-15-5-2-6-16-34/h1-30H. The van der Waals surface area contributed by atoms with E-state index in [4.69, 9.17) is 9.47 Å². The van der Waals surface area contributed by atoms with Gasteiger partial charge in [0.1, 0.15) is 0 Å². The zero-order valence-corrected chi connectivity index (χ0v) is 27.9. The molecule has 246 valence electrons. The van der Waals surface area contributed by atoms with Crippen molar-refractivity contribution in [2.24, 2.45) is 0 Å². The minimum absolute atomic E-state index is 0.803. The van der Waals surface area contributed by atoms with Crippen molar-refractivity contribution in [2.75, 3.05) is 9.80 Å². The Kier molecular flexibility index (Phi) is 6.15. The Balaban J connectivity index is 1.15. The predicted molar refractivity (Wildman–Crippen MR) is 210 cm³/mol. The van der Waals surface area contributed by atoms with E-state index in [0.717, 1.165) is 90.3 Å². The van der Waals surface area contributed by atoms with Gasteiger partial charge in [-0.3, -0.25) is 0 Å². The minimum Gasteiger partial charge on any atom is -0.453 e. The molecule has 4 heterocycles. The third-order valence-electron chi connectivity index (χ3n) is 10.1. The molecule has 0 saturated carbocycles. The van der Waals surface area contributed by atoms with Gasteiger partial charge >= 0.3 is 0 Å². The summed E-state index contributed by atoms with van der Waals surface area (Å²) in [7, 11) is 0. The summed E-state index contributed by atoms with van der Waals surface area (Å²) in [6, 6.07) is 59.2. The van der Waals surface area contributed by atoms with Crippen molar-refractivity contribution in [3.8, 4) is 34.4 Å². The van der Waals surface area contributed by atoms with Crippen LogP contribution in [0.4, 0.5) is 34.1 Å². The van der Waals surface area contributed by atoms with E-state index in [0.29, 0.717) is 0 Å². The first-order valence-electron chi connectivity index (χ1n) is 17.4. The Bertz CT molecular complexity index is 2630. The van der Waals surface area contributed by atoms with E-state index in [9.17, 15) is 0 Å². The summed E-state index contributed by atoms with van der Waals surface area (Å²) in [5.74, 6) is 3.21. The maximum atomic E-state index is 6.66. The van der Waals surface area contributed by atoms with Crippen molar-refractivity contribution in [2.45, 2.75) is 0 Å². The number of benzene rings is 7. The fourth-order valence-electron chi connectivity index (χ4n) is 7.76. The zero-order chi connectivity index (χ0) is 34.2. The number of nitrogens with zero attached hydrogens (tertiary/aromatic N) is 4. The predicted octanol–water partition coefficient (Wildman–Crippen LogP) is 12.7. The number of aromatic nitrogens is 2. The lowest BCUT2D eigenvalue weighted by Crippen LogP contribution is -2.21. The second-order valence-corrected chi connectivity index (χ2v) is 13.1. The van der Waals surface area contributed by atoms with Crippen LogP contribution in [-0.2, 0) is 0 Å². The van der Waals surface area contributed by atoms with Crippen molar-refractivity contribution >= 4 is 55.9 Å². The van der Waals surface area contributed by atoms with Crippen LogP contribution in [0.3, 0.4) is 0 Å². The number of ether oxygens (including phenoxy) is 2. The number of hydrogen-bond acceptors (Lipinski definition) is 4. The molecule has 0 bridgehead atoms. The third-order valence-corrected chi connectivity index (χ3v) is 10.1. The highest BCUT2D eigenvalue weighted by molar-refractivity contribution is 6.01. The second-order valence-electron chi connectivity index (χ2n) is 13.1. The Labute approximate surface area is 300 Å². The molecule has 0 unspecified atom stereocenters. The molecule has 2 aliphatic heterocycles. The average molecular weight is 671 g/mol. The van der Waals surface area contributed by atoms with Crippen LogP contribution in [0.1, 0.15) is 0 Å². The highest BCUT2D eigenvalue weighted by Gasteiger charge is 2.33. The van der Waals surface area contributed by atoms with Gasteiger partial charge in [-0.25, -0.2) is 0 Å². The summed E-state index contributed by atoms with van der Waals surface area (Å²) >= 11 is 0. The number of rotatable bonds is 4. The van der Waals surface area contributed by atoms with Crippen LogP contribution in [0.25, 0.3) is 33.2 Å². The average Bonchev–Trinajstić information content (AvgIpc) is 3.82. The SMILES string of the molecule is c1ccc(-n2ccc3cc4c(cc32)N(c2ccccc2N2c3ccccc3Oc3cc5ccn(-c6ccccc6)c5cc32)c2ccccc2O4)cc1. The van der Waals surface area contributed by atoms with E-state index in [1.54, 1.807) is 0 Å². The molecule has 52 heavy (non-hydrogen) atoms. The van der Waals surface area contributed by atoms with Crippen molar-refractivity contribution < 1.29 is 9.47 Å². The first kappa shape index (κ1) is 28.6. The van der Waals surface area contributed by atoms with Crippen LogP contribution in [0.5, 0.6) is 23.0 Å². The molecule has 6 heteroatoms. The van der Waals surface area contributed by atoms with Crippen LogP contribution in [0.2, 0.25) is 0 Å². The monoisotopic (exact) mass is 670 g/mol.